The van der Waals surface area contributed by atoms with Gasteiger partial charge in [0.2, 0.25) is 0 Å². The SMILES string of the molecule is COC(=O)C1CCN(c2nc(-c3cccnc3)nc3sc4c(c23)CC[C@@H](C)C4)CC1. The highest BCUT2D eigenvalue weighted by Gasteiger charge is 2.30. The number of pyridine rings is 1. The average molecular weight is 423 g/mol. The number of aryl methyl sites for hydroxylation is 1. The Bertz CT molecular complexity index is 1070. The van der Waals surface area contributed by atoms with Crippen LogP contribution in [0, 0.1) is 11.8 Å². The van der Waals surface area contributed by atoms with Crippen LogP contribution in [0.5, 0.6) is 0 Å². The van der Waals surface area contributed by atoms with Crippen molar-refractivity contribution in [2.24, 2.45) is 11.8 Å². The minimum atomic E-state index is -0.0968. The number of esters is 1. The maximum absolute atomic E-state index is 12.0. The van der Waals surface area contributed by atoms with E-state index in [-0.39, 0.29) is 11.9 Å². The average Bonchev–Trinajstić information content (AvgIpc) is 3.16. The normalized spacial score (nSPS) is 19.7. The molecule has 156 valence electrons. The van der Waals surface area contributed by atoms with Gasteiger partial charge in [0, 0.05) is 35.9 Å². The van der Waals surface area contributed by atoms with E-state index in [4.69, 9.17) is 14.7 Å². The summed E-state index contributed by atoms with van der Waals surface area (Å²) in [6.45, 7) is 3.94. The fourth-order valence-electron chi connectivity index (χ4n) is 4.67. The van der Waals surface area contributed by atoms with Crippen molar-refractivity contribution < 1.29 is 9.53 Å². The first-order chi connectivity index (χ1) is 14.6. The van der Waals surface area contributed by atoms with Crippen molar-refractivity contribution in [3.05, 3.63) is 35.0 Å². The van der Waals surface area contributed by atoms with Crippen molar-refractivity contribution in [2.75, 3.05) is 25.1 Å². The molecule has 2 aliphatic rings. The van der Waals surface area contributed by atoms with E-state index < -0.39 is 0 Å². The molecule has 1 aliphatic carbocycles. The highest BCUT2D eigenvalue weighted by Crippen LogP contribution is 2.42. The molecule has 5 rings (SSSR count). The lowest BCUT2D eigenvalue weighted by Gasteiger charge is -2.32. The molecule has 1 atom stereocenters. The van der Waals surface area contributed by atoms with Crippen molar-refractivity contribution in [1.82, 2.24) is 15.0 Å². The van der Waals surface area contributed by atoms with Gasteiger partial charge in [0.1, 0.15) is 10.6 Å². The summed E-state index contributed by atoms with van der Waals surface area (Å²) in [6, 6.07) is 3.93. The van der Waals surface area contributed by atoms with Gasteiger partial charge in [-0.3, -0.25) is 9.78 Å². The number of carbonyl (C=O) groups excluding carboxylic acids is 1. The van der Waals surface area contributed by atoms with Gasteiger partial charge < -0.3 is 9.64 Å². The fraction of sp³-hybridized carbons (Fsp3) is 0.478. The quantitative estimate of drug-likeness (QED) is 0.587. The number of anilines is 1. The standard InChI is InChI=1S/C23H26N4O2S/c1-14-5-6-17-18(12-14)30-22-19(17)21(25-20(26-22)16-4-3-9-24-13-16)27-10-7-15(8-11-27)23(28)29-2/h3-4,9,13-15H,5-8,10-12H2,1-2H3/t14-/m1/s1. The number of carbonyl (C=O) groups is 1. The second-order valence-corrected chi connectivity index (χ2v) is 9.51. The largest absolute Gasteiger partial charge is 0.469 e. The Morgan fingerprint density at radius 1 is 1.23 bits per heavy atom. The molecular weight excluding hydrogens is 396 g/mol. The number of thiophene rings is 1. The van der Waals surface area contributed by atoms with Crippen molar-refractivity contribution in [3.63, 3.8) is 0 Å². The molecule has 0 radical (unpaired) electrons. The molecule has 7 heteroatoms. The van der Waals surface area contributed by atoms with Crippen LogP contribution in [-0.2, 0) is 22.4 Å². The van der Waals surface area contributed by atoms with E-state index in [9.17, 15) is 4.79 Å². The highest BCUT2D eigenvalue weighted by molar-refractivity contribution is 7.19. The number of piperidine rings is 1. The zero-order chi connectivity index (χ0) is 20.7. The van der Waals surface area contributed by atoms with Gasteiger partial charge in [-0.25, -0.2) is 9.97 Å². The van der Waals surface area contributed by atoms with Gasteiger partial charge in [-0.2, -0.15) is 0 Å². The van der Waals surface area contributed by atoms with Crippen LogP contribution in [0.2, 0.25) is 0 Å². The predicted molar refractivity (Wildman–Crippen MR) is 119 cm³/mol. The van der Waals surface area contributed by atoms with Crippen LogP contribution < -0.4 is 4.90 Å². The molecule has 1 saturated heterocycles. The molecule has 30 heavy (non-hydrogen) atoms. The summed E-state index contributed by atoms with van der Waals surface area (Å²) < 4.78 is 4.96. The summed E-state index contributed by atoms with van der Waals surface area (Å²) in [4.78, 5) is 31.1. The minimum absolute atomic E-state index is 0.0152. The molecule has 0 amide bonds. The molecule has 3 aromatic heterocycles. The van der Waals surface area contributed by atoms with Crippen LogP contribution in [-0.4, -0.2) is 41.1 Å². The maximum atomic E-state index is 12.0. The fourth-order valence-corrected chi connectivity index (χ4v) is 6.05. The van der Waals surface area contributed by atoms with Gasteiger partial charge in [0.05, 0.1) is 18.4 Å². The third-order valence-corrected chi connectivity index (χ3v) is 7.53. The van der Waals surface area contributed by atoms with Gasteiger partial charge in [0.25, 0.3) is 0 Å². The second-order valence-electron chi connectivity index (χ2n) is 8.43. The summed E-state index contributed by atoms with van der Waals surface area (Å²) >= 11 is 1.83. The maximum Gasteiger partial charge on any atom is 0.308 e. The van der Waals surface area contributed by atoms with Crippen molar-refractivity contribution in [2.45, 2.75) is 39.0 Å². The van der Waals surface area contributed by atoms with Gasteiger partial charge in [-0.1, -0.05) is 6.92 Å². The Labute approximate surface area is 180 Å². The number of ether oxygens (including phenoxy) is 1. The lowest BCUT2D eigenvalue weighted by atomic mass is 9.89. The van der Waals surface area contributed by atoms with E-state index >= 15 is 0 Å². The first-order valence-electron chi connectivity index (χ1n) is 10.7. The predicted octanol–water partition coefficient (Wildman–Crippen LogP) is 4.27. The third kappa shape index (κ3) is 3.45. The number of hydrogen-bond acceptors (Lipinski definition) is 7. The van der Waals surface area contributed by atoms with E-state index in [1.54, 1.807) is 6.20 Å². The summed E-state index contributed by atoms with van der Waals surface area (Å²) in [5, 5.41) is 1.23. The Hall–Kier alpha value is -2.54. The van der Waals surface area contributed by atoms with E-state index in [1.165, 1.54) is 29.4 Å². The number of hydrogen-bond donors (Lipinski definition) is 0. The number of rotatable bonds is 3. The Balaban J connectivity index is 1.59. The van der Waals surface area contributed by atoms with Gasteiger partial charge in [-0.15, -0.1) is 11.3 Å². The second kappa shape index (κ2) is 7.95. The van der Waals surface area contributed by atoms with E-state index in [1.807, 2.05) is 29.7 Å². The molecule has 6 nitrogen and oxygen atoms in total. The molecule has 0 N–H and O–H groups in total. The Morgan fingerprint density at radius 3 is 2.80 bits per heavy atom. The van der Waals surface area contributed by atoms with E-state index in [0.29, 0.717) is 0 Å². The van der Waals surface area contributed by atoms with Crippen LogP contribution in [0.4, 0.5) is 5.82 Å². The van der Waals surface area contributed by atoms with E-state index in [0.717, 1.165) is 66.7 Å². The molecule has 0 bridgehead atoms. The number of nitrogens with zero attached hydrogens (tertiary/aromatic N) is 4. The van der Waals surface area contributed by atoms with Crippen LogP contribution >= 0.6 is 11.3 Å². The lowest BCUT2D eigenvalue weighted by Crippen LogP contribution is -2.37. The smallest absolute Gasteiger partial charge is 0.308 e. The van der Waals surface area contributed by atoms with Gasteiger partial charge in [-0.05, 0) is 55.7 Å². The topological polar surface area (TPSA) is 68.2 Å². The van der Waals surface area contributed by atoms with Crippen LogP contribution in [0.3, 0.4) is 0 Å². The number of methoxy groups -OCH3 is 1. The van der Waals surface area contributed by atoms with Gasteiger partial charge in [0.15, 0.2) is 5.82 Å². The van der Waals surface area contributed by atoms with Crippen LogP contribution in [0.1, 0.15) is 36.6 Å². The molecule has 3 aromatic rings. The first kappa shape index (κ1) is 19.4. The summed E-state index contributed by atoms with van der Waals surface area (Å²) in [7, 11) is 1.47. The molecule has 4 heterocycles. The Kier molecular flexibility index (Phi) is 5.15. The zero-order valence-corrected chi connectivity index (χ0v) is 18.2. The molecule has 1 fully saturated rings. The van der Waals surface area contributed by atoms with Crippen molar-refractivity contribution in [1.29, 1.82) is 0 Å². The number of aromatic nitrogens is 3. The zero-order valence-electron chi connectivity index (χ0n) is 17.4. The van der Waals surface area contributed by atoms with E-state index in [2.05, 4.69) is 16.8 Å². The Morgan fingerprint density at radius 2 is 2.07 bits per heavy atom. The summed E-state index contributed by atoms with van der Waals surface area (Å²) in [6.07, 6.45) is 8.62. The molecule has 0 aromatic carbocycles. The summed E-state index contributed by atoms with van der Waals surface area (Å²) in [5.74, 6) is 2.36. The molecule has 0 unspecified atom stereocenters. The molecule has 0 saturated carbocycles. The molecule has 1 aliphatic heterocycles. The molecule has 0 spiro atoms. The van der Waals surface area contributed by atoms with Crippen molar-refractivity contribution in [3.8, 4) is 11.4 Å². The minimum Gasteiger partial charge on any atom is -0.469 e. The molecular formula is C23H26N4O2S. The van der Waals surface area contributed by atoms with Crippen LogP contribution in [0.15, 0.2) is 24.5 Å². The third-order valence-electron chi connectivity index (χ3n) is 6.38. The monoisotopic (exact) mass is 422 g/mol. The lowest BCUT2D eigenvalue weighted by molar-refractivity contribution is -0.146. The highest BCUT2D eigenvalue weighted by atomic mass is 32.1. The summed E-state index contributed by atoms with van der Waals surface area (Å²) in [5.41, 5.74) is 2.38. The van der Waals surface area contributed by atoms with Crippen molar-refractivity contribution >= 4 is 33.3 Å². The number of fused-ring (bicyclic) bond motifs is 3. The first-order valence-corrected chi connectivity index (χ1v) is 11.5. The van der Waals surface area contributed by atoms with Crippen LogP contribution in [0.25, 0.3) is 21.6 Å². The van der Waals surface area contributed by atoms with Gasteiger partial charge >= 0.3 is 5.97 Å².